The maximum Gasteiger partial charge on any atom is 0.242 e. The summed E-state index contributed by atoms with van der Waals surface area (Å²) in [5.41, 5.74) is 0. The van der Waals surface area contributed by atoms with Crippen molar-refractivity contribution in [1.29, 1.82) is 0 Å². The molecule has 0 unspecified atom stereocenters. The molecule has 0 aliphatic rings. The van der Waals surface area contributed by atoms with Gasteiger partial charge in [0.2, 0.25) is 15.9 Å². The summed E-state index contributed by atoms with van der Waals surface area (Å²) < 4.78 is 25.7. The Morgan fingerprint density at radius 1 is 1.41 bits per heavy atom. The highest BCUT2D eigenvalue weighted by molar-refractivity contribution is 7.89. The number of rotatable bonds is 5. The van der Waals surface area contributed by atoms with E-state index < -0.39 is 10.0 Å². The third-order valence-electron chi connectivity index (χ3n) is 1.80. The molecule has 1 aromatic heterocycles. The van der Waals surface area contributed by atoms with Gasteiger partial charge in [-0.3, -0.25) is 4.79 Å². The van der Waals surface area contributed by atoms with E-state index in [1.165, 1.54) is 25.3 Å². The van der Waals surface area contributed by atoms with E-state index in [0.29, 0.717) is 0 Å². The lowest BCUT2D eigenvalue weighted by Gasteiger charge is -2.06. The van der Waals surface area contributed by atoms with Gasteiger partial charge in [0.15, 0.2) is 0 Å². The van der Waals surface area contributed by atoms with Crippen molar-refractivity contribution in [2.75, 3.05) is 13.1 Å². The van der Waals surface area contributed by atoms with E-state index in [-0.39, 0.29) is 29.0 Å². The van der Waals surface area contributed by atoms with Crippen molar-refractivity contribution in [2.24, 2.45) is 0 Å². The Kier molecular flexibility index (Phi) is 4.86. The Labute approximate surface area is 104 Å². The molecular weight excluding hydrogens is 266 g/mol. The highest BCUT2D eigenvalue weighted by Crippen LogP contribution is 2.09. The first-order chi connectivity index (χ1) is 7.92. The van der Waals surface area contributed by atoms with E-state index in [2.05, 4.69) is 15.0 Å². The molecule has 0 saturated carbocycles. The highest BCUT2D eigenvalue weighted by atomic mass is 35.5. The smallest absolute Gasteiger partial charge is 0.242 e. The molecule has 8 heteroatoms. The minimum atomic E-state index is -3.60. The molecule has 1 rings (SSSR count). The average molecular weight is 278 g/mol. The summed E-state index contributed by atoms with van der Waals surface area (Å²) in [5, 5.41) is 2.70. The average Bonchev–Trinajstić information content (AvgIpc) is 2.25. The summed E-state index contributed by atoms with van der Waals surface area (Å²) in [6.07, 6.45) is 1.17. The van der Waals surface area contributed by atoms with Gasteiger partial charge in [0.1, 0.15) is 10.0 Å². The van der Waals surface area contributed by atoms with Gasteiger partial charge in [-0.1, -0.05) is 11.6 Å². The molecule has 0 aliphatic heterocycles. The molecule has 6 nitrogen and oxygen atoms in total. The van der Waals surface area contributed by atoms with E-state index in [1.807, 2.05) is 0 Å². The summed E-state index contributed by atoms with van der Waals surface area (Å²) in [6, 6.07) is 2.75. The summed E-state index contributed by atoms with van der Waals surface area (Å²) in [4.78, 5) is 14.3. The Bertz CT molecular complexity index is 487. The number of nitrogens with zero attached hydrogens (tertiary/aromatic N) is 1. The first kappa shape index (κ1) is 13.9. The Morgan fingerprint density at radius 2 is 2.12 bits per heavy atom. The van der Waals surface area contributed by atoms with E-state index in [0.717, 1.165) is 0 Å². The van der Waals surface area contributed by atoms with Crippen LogP contribution in [0.3, 0.4) is 0 Å². The Hall–Kier alpha value is -1.18. The van der Waals surface area contributed by atoms with Gasteiger partial charge in [-0.2, -0.15) is 0 Å². The molecule has 1 amide bonds. The number of sulfonamides is 1. The van der Waals surface area contributed by atoms with E-state index in [9.17, 15) is 13.2 Å². The maximum atomic E-state index is 11.7. The fourth-order valence-corrected chi connectivity index (χ4v) is 2.12. The van der Waals surface area contributed by atoms with Crippen LogP contribution in [0.2, 0.25) is 5.15 Å². The van der Waals surface area contributed by atoms with Crippen LogP contribution >= 0.6 is 11.6 Å². The van der Waals surface area contributed by atoms with Crippen LogP contribution in [0.1, 0.15) is 6.92 Å². The van der Waals surface area contributed by atoms with Crippen LogP contribution in [0.4, 0.5) is 0 Å². The quantitative estimate of drug-likeness (QED) is 0.592. The van der Waals surface area contributed by atoms with Crippen LogP contribution in [0.5, 0.6) is 0 Å². The van der Waals surface area contributed by atoms with Crippen LogP contribution < -0.4 is 10.0 Å². The maximum absolute atomic E-state index is 11.7. The number of carbonyl (C=O) groups is 1. The van der Waals surface area contributed by atoms with Crippen molar-refractivity contribution < 1.29 is 13.2 Å². The molecule has 17 heavy (non-hydrogen) atoms. The number of halogens is 1. The highest BCUT2D eigenvalue weighted by Gasteiger charge is 2.13. The first-order valence-electron chi connectivity index (χ1n) is 4.77. The molecule has 0 bridgehead atoms. The zero-order chi connectivity index (χ0) is 12.9. The minimum Gasteiger partial charge on any atom is -0.355 e. The normalized spacial score (nSPS) is 11.2. The van der Waals surface area contributed by atoms with Gasteiger partial charge in [0.25, 0.3) is 0 Å². The van der Waals surface area contributed by atoms with Crippen molar-refractivity contribution in [1.82, 2.24) is 15.0 Å². The van der Waals surface area contributed by atoms with Crippen molar-refractivity contribution >= 4 is 27.5 Å². The number of amides is 1. The number of hydrogen-bond donors (Lipinski definition) is 2. The second-order valence-electron chi connectivity index (χ2n) is 3.20. The van der Waals surface area contributed by atoms with E-state index in [1.54, 1.807) is 0 Å². The van der Waals surface area contributed by atoms with Crippen LogP contribution in [0.25, 0.3) is 0 Å². The number of hydrogen-bond acceptors (Lipinski definition) is 4. The summed E-state index contributed by atoms with van der Waals surface area (Å²) in [5.74, 6) is -0.211. The van der Waals surface area contributed by atoms with Gasteiger partial charge in [-0.05, 0) is 12.1 Å². The van der Waals surface area contributed by atoms with Gasteiger partial charge >= 0.3 is 0 Å². The molecule has 1 aromatic rings. The van der Waals surface area contributed by atoms with Crippen LogP contribution in [0.15, 0.2) is 23.2 Å². The zero-order valence-electron chi connectivity index (χ0n) is 9.10. The van der Waals surface area contributed by atoms with E-state index >= 15 is 0 Å². The number of aromatic nitrogens is 1. The second-order valence-corrected chi connectivity index (χ2v) is 5.35. The molecule has 0 aliphatic carbocycles. The second kappa shape index (κ2) is 5.95. The van der Waals surface area contributed by atoms with Gasteiger partial charge < -0.3 is 5.32 Å². The lowest BCUT2D eigenvalue weighted by molar-refractivity contribution is -0.118. The largest absolute Gasteiger partial charge is 0.355 e. The SMILES string of the molecule is CC(=O)NCCNS(=O)(=O)c1ccc(Cl)nc1. The van der Waals surface area contributed by atoms with Gasteiger partial charge in [0.05, 0.1) is 0 Å². The predicted molar refractivity (Wildman–Crippen MR) is 63.1 cm³/mol. The first-order valence-corrected chi connectivity index (χ1v) is 6.63. The minimum absolute atomic E-state index is 0.0322. The predicted octanol–water partition coefficient (Wildman–Crippen LogP) is 0.149. The lowest BCUT2D eigenvalue weighted by atomic mass is 10.5. The molecule has 0 fully saturated rings. The Morgan fingerprint density at radius 3 is 2.65 bits per heavy atom. The van der Waals surface area contributed by atoms with Crippen molar-refractivity contribution in [3.8, 4) is 0 Å². The summed E-state index contributed by atoms with van der Waals surface area (Å²) in [7, 11) is -3.60. The molecular formula is C9H12ClN3O3S. The van der Waals surface area contributed by atoms with Gasteiger partial charge in [-0.25, -0.2) is 18.1 Å². The molecule has 0 atom stereocenters. The molecule has 0 aromatic carbocycles. The topological polar surface area (TPSA) is 88.2 Å². The standard InChI is InChI=1S/C9H12ClN3O3S/c1-7(14)11-4-5-13-17(15,16)8-2-3-9(10)12-6-8/h2-3,6,13H,4-5H2,1H3,(H,11,14). The van der Waals surface area contributed by atoms with Crippen LogP contribution in [0, 0.1) is 0 Å². The number of pyridine rings is 1. The molecule has 0 radical (unpaired) electrons. The molecule has 0 spiro atoms. The van der Waals surface area contributed by atoms with Crippen molar-refractivity contribution in [2.45, 2.75) is 11.8 Å². The van der Waals surface area contributed by atoms with Crippen molar-refractivity contribution in [3.05, 3.63) is 23.5 Å². The van der Waals surface area contributed by atoms with E-state index in [4.69, 9.17) is 11.6 Å². The third-order valence-corrected chi connectivity index (χ3v) is 3.47. The lowest BCUT2D eigenvalue weighted by Crippen LogP contribution is -2.33. The fraction of sp³-hybridized carbons (Fsp3) is 0.333. The van der Waals surface area contributed by atoms with Crippen LogP contribution in [-0.4, -0.2) is 32.4 Å². The number of nitrogens with one attached hydrogen (secondary N) is 2. The summed E-state index contributed by atoms with van der Waals surface area (Å²) in [6.45, 7) is 1.71. The zero-order valence-corrected chi connectivity index (χ0v) is 10.7. The molecule has 1 heterocycles. The van der Waals surface area contributed by atoms with Gasteiger partial charge in [0, 0.05) is 26.2 Å². The fourth-order valence-electron chi connectivity index (χ4n) is 1.03. The molecule has 2 N–H and O–H groups in total. The summed E-state index contributed by atoms with van der Waals surface area (Å²) >= 11 is 5.55. The molecule has 94 valence electrons. The molecule has 0 saturated heterocycles. The third kappa shape index (κ3) is 4.68. The monoisotopic (exact) mass is 277 g/mol. The van der Waals surface area contributed by atoms with Gasteiger partial charge in [-0.15, -0.1) is 0 Å². The number of carbonyl (C=O) groups excluding carboxylic acids is 1. The Balaban J connectivity index is 2.57. The van der Waals surface area contributed by atoms with Crippen LogP contribution in [-0.2, 0) is 14.8 Å². The van der Waals surface area contributed by atoms with Crippen molar-refractivity contribution in [3.63, 3.8) is 0 Å².